The second-order valence-corrected chi connectivity index (χ2v) is 7.45. The minimum absolute atomic E-state index is 0.0786. The van der Waals surface area contributed by atoms with Gasteiger partial charge in [0.15, 0.2) is 0 Å². The molecule has 0 aromatic heterocycles. The van der Waals surface area contributed by atoms with E-state index < -0.39 is 17.5 Å². The lowest BCUT2D eigenvalue weighted by Gasteiger charge is -2.35. The quantitative estimate of drug-likeness (QED) is 0.811. The van der Waals surface area contributed by atoms with Crippen LogP contribution >= 0.6 is 11.6 Å². The number of ether oxygens (including phenoxy) is 1. The number of nitrogens with zero attached hydrogens (tertiary/aromatic N) is 2. The first kappa shape index (κ1) is 18.7. The molecule has 0 bridgehead atoms. The zero-order chi connectivity index (χ0) is 19.1. The van der Waals surface area contributed by atoms with E-state index in [1.54, 1.807) is 36.1 Å². The van der Waals surface area contributed by atoms with Gasteiger partial charge >= 0.3 is 6.03 Å². The van der Waals surface area contributed by atoms with Crippen LogP contribution in [0.25, 0.3) is 0 Å². The van der Waals surface area contributed by atoms with Gasteiger partial charge in [-0.25, -0.2) is 4.79 Å². The topological polar surface area (TPSA) is 79.0 Å². The molecule has 3 atom stereocenters. The Labute approximate surface area is 157 Å². The first-order valence-electron chi connectivity index (χ1n) is 8.54. The number of hydrogen-bond acceptors (Lipinski definition) is 4. The number of rotatable bonds is 3. The second kappa shape index (κ2) is 6.89. The van der Waals surface area contributed by atoms with Crippen molar-refractivity contribution in [2.45, 2.75) is 38.5 Å². The molecule has 0 aliphatic carbocycles. The highest BCUT2D eigenvalue weighted by atomic mass is 35.5. The fourth-order valence-electron chi connectivity index (χ4n) is 3.44. The Bertz CT molecular complexity index is 728. The zero-order valence-corrected chi connectivity index (χ0v) is 15.7. The van der Waals surface area contributed by atoms with E-state index in [0.29, 0.717) is 23.7 Å². The van der Waals surface area contributed by atoms with Crippen LogP contribution in [0.4, 0.5) is 4.79 Å². The Hall–Kier alpha value is -2.12. The molecule has 0 unspecified atom stereocenters. The SMILES string of the molecule is C[C@@H]1CN(C(=O)CN2C(=O)N[C@@](C)(c3ccc(Cl)cc3)C2=O)C[C@@H](C)O1. The van der Waals surface area contributed by atoms with E-state index in [0.717, 1.165) is 4.90 Å². The molecule has 0 spiro atoms. The lowest BCUT2D eigenvalue weighted by Crippen LogP contribution is -2.52. The molecule has 2 aliphatic rings. The molecular formula is C18H22ClN3O4. The van der Waals surface area contributed by atoms with Crippen molar-refractivity contribution in [2.24, 2.45) is 0 Å². The van der Waals surface area contributed by atoms with Crippen molar-refractivity contribution in [1.29, 1.82) is 0 Å². The number of benzene rings is 1. The number of imide groups is 1. The summed E-state index contributed by atoms with van der Waals surface area (Å²) in [6, 6.07) is 6.13. The normalized spacial score (nSPS) is 29.1. The number of carbonyl (C=O) groups excluding carboxylic acids is 3. The molecule has 26 heavy (non-hydrogen) atoms. The highest BCUT2D eigenvalue weighted by Gasteiger charge is 2.49. The minimum Gasteiger partial charge on any atom is -0.372 e. The maximum absolute atomic E-state index is 12.9. The molecule has 140 valence electrons. The van der Waals surface area contributed by atoms with Gasteiger partial charge in [0.1, 0.15) is 12.1 Å². The summed E-state index contributed by atoms with van der Waals surface area (Å²) < 4.78 is 5.61. The van der Waals surface area contributed by atoms with Crippen LogP contribution in [0.15, 0.2) is 24.3 Å². The van der Waals surface area contributed by atoms with Crippen LogP contribution < -0.4 is 5.32 Å². The van der Waals surface area contributed by atoms with Gasteiger partial charge in [-0.3, -0.25) is 14.5 Å². The fraction of sp³-hybridized carbons (Fsp3) is 0.500. The van der Waals surface area contributed by atoms with E-state index in [4.69, 9.17) is 16.3 Å². The Balaban J connectivity index is 1.75. The minimum atomic E-state index is -1.21. The summed E-state index contributed by atoms with van der Waals surface area (Å²) in [6.45, 7) is 6.01. The maximum Gasteiger partial charge on any atom is 0.325 e. The highest BCUT2D eigenvalue weighted by molar-refractivity contribution is 6.30. The summed E-state index contributed by atoms with van der Waals surface area (Å²) in [5, 5.41) is 3.23. The number of amides is 4. The largest absolute Gasteiger partial charge is 0.372 e. The van der Waals surface area contributed by atoms with Gasteiger partial charge < -0.3 is 15.0 Å². The number of carbonyl (C=O) groups is 3. The molecule has 2 saturated heterocycles. The first-order valence-corrected chi connectivity index (χ1v) is 8.92. The Morgan fingerprint density at radius 1 is 1.23 bits per heavy atom. The van der Waals surface area contributed by atoms with Gasteiger partial charge in [0, 0.05) is 18.1 Å². The summed E-state index contributed by atoms with van der Waals surface area (Å²) in [5.41, 5.74) is -0.600. The van der Waals surface area contributed by atoms with Crippen LogP contribution in [-0.2, 0) is 19.9 Å². The van der Waals surface area contributed by atoms with Crippen molar-refractivity contribution in [3.8, 4) is 0 Å². The monoisotopic (exact) mass is 379 g/mol. The smallest absolute Gasteiger partial charge is 0.325 e. The summed E-state index contributed by atoms with van der Waals surface area (Å²) in [6.07, 6.45) is -0.157. The molecule has 2 fully saturated rings. The van der Waals surface area contributed by atoms with Crippen molar-refractivity contribution in [2.75, 3.05) is 19.6 Å². The summed E-state index contributed by atoms with van der Waals surface area (Å²) >= 11 is 5.89. The van der Waals surface area contributed by atoms with Crippen molar-refractivity contribution in [3.63, 3.8) is 0 Å². The summed E-state index contributed by atoms with van der Waals surface area (Å²) in [4.78, 5) is 40.5. The van der Waals surface area contributed by atoms with Crippen molar-refractivity contribution in [1.82, 2.24) is 15.1 Å². The molecule has 1 aromatic rings. The molecular weight excluding hydrogens is 358 g/mol. The lowest BCUT2D eigenvalue weighted by atomic mass is 9.92. The number of nitrogens with one attached hydrogen (secondary N) is 1. The number of hydrogen-bond donors (Lipinski definition) is 1. The van der Waals surface area contributed by atoms with Crippen molar-refractivity contribution >= 4 is 29.4 Å². The third-order valence-corrected chi connectivity index (χ3v) is 5.01. The van der Waals surface area contributed by atoms with Crippen LogP contribution in [-0.4, -0.2) is 59.5 Å². The predicted molar refractivity (Wildman–Crippen MR) is 95.6 cm³/mol. The van der Waals surface area contributed by atoms with Crippen LogP contribution in [0.1, 0.15) is 26.3 Å². The van der Waals surface area contributed by atoms with Crippen LogP contribution in [0.3, 0.4) is 0 Å². The fourth-order valence-corrected chi connectivity index (χ4v) is 3.56. The molecule has 7 nitrogen and oxygen atoms in total. The van der Waals surface area contributed by atoms with Crippen LogP contribution in [0, 0.1) is 0 Å². The number of morpholine rings is 1. The number of urea groups is 1. The van der Waals surface area contributed by atoms with Gasteiger partial charge in [0.25, 0.3) is 5.91 Å². The van der Waals surface area contributed by atoms with E-state index in [9.17, 15) is 14.4 Å². The molecule has 8 heteroatoms. The van der Waals surface area contributed by atoms with Crippen LogP contribution in [0.5, 0.6) is 0 Å². The Morgan fingerprint density at radius 3 is 2.38 bits per heavy atom. The van der Waals surface area contributed by atoms with Gasteiger partial charge in [0.05, 0.1) is 12.2 Å². The van der Waals surface area contributed by atoms with E-state index in [-0.39, 0.29) is 24.7 Å². The zero-order valence-electron chi connectivity index (χ0n) is 15.0. The van der Waals surface area contributed by atoms with E-state index in [1.165, 1.54) is 0 Å². The van der Waals surface area contributed by atoms with Crippen molar-refractivity contribution in [3.05, 3.63) is 34.9 Å². The Kier molecular flexibility index (Phi) is 4.94. The second-order valence-electron chi connectivity index (χ2n) is 7.01. The average molecular weight is 380 g/mol. The Morgan fingerprint density at radius 2 is 1.81 bits per heavy atom. The molecule has 2 aliphatic heterocycles. The molecule has 0 radical (unpaired) electrons. The first-order chi connectivity index (χ1) is 12.2. The molecule has 0 saturated carbocycles. The van der Waals surface area contributed by atoms with Gasteiger partial charge in [-0.15, -0.1) is 0 Å². The highest BCUT2D eigenvalue weighted by Crippen LogP contribution is 2.29. The molecule has 3 rings (SSSR count). The van der Waals surface area contributed by atoms with Gasteiger partial charge in [-0.2, -0.15) is 0 Å². The van der Waals surface area contributed by atoms with Gasteiger partial charge in [-0.05, 0) is 38.5 Å². The summed E-state index contributed by atoms with van der Waals surface area (Å²) in [5.74, 6) is -0.719. The maximum atomic E-state index is 12.9. The van der Waals surface area contributed by atoms with E-state index in [1.807, 2.05) is 13.8 Å². The van der Waals surface area contributed by atoms with Gasteiger partial charge in [0.2, 0.25) is 5.91 Å². The van der Waals surface area contributed by atoms with Crippen LogP contribution in [0.2, 0.25) is 5.02 Å². The third-order valence-electron chi connectivity index (χ3n) is 4.76. The standard InChI is InChI=1S/C18H22ClN3O4/c1-11-8-21(9-12(2)26-11)15(23)10-22-16(24)18(3,20-17(22)25)13-4-6-14(19)7-5-13/h4-7,11-12H,8-10H2,1-3H3,(H,20,25)/t11-,12-,18+/m1/s1. The predicted octanol–water partition coefficient (Wildman–Crippen LogP) is 1.74. The average Bonchev–Trinajstić information content (AvgIpc) is 2.78. The molecule has 4 amide bonds. The van der Waals surface area contributed by atoms with E-state index in [2.05, 4.69) is 5.32 Å². The number of halogens is 1. The third kappa shape index (κ3) is 3.41. The summed E-state index contributed by atoms with van der Waals surface area (Å²) in [7, 11) is 0. The lowest BCUT2D eigenvalue weighted by molar-refractivity contribution is -0.146. The molecule has 2 heterocycles. The van der Waals surface area contributed by atoms with E-state index >= 15 is 0 Å². The molecule has 1 N–H and O–H groups in total. The molecule has 1 aromatic carbocycles. The van der Waals surface area contributed by atoms with Crippen molar-refractivity contribution < 1.29 is 19.1 Å². The van der Waals surface area contributed by atoms with Gasteiger partial charge in [-0.1, -0.05) is 23.7 Å².